The Hall–Kier alpha value is -1.11. The Bertz CT molecular complexity index is 634. The molecule has 1 aliphatic carbocycles. The Morgan fingerprint density at radius 2 is 2.08 bits per heavy atom. The first-order valence-electron chi connectivity index (χ1n) is 8.87. The summed E-state index contributed by atoms with van der Waals surface area (Å²) < 4.78 is 0.965. The maximum atomic E-state index is 12.5. The van der Waals surface area contributed by atoms with Gasteiger partial charge in [-0.2, -0.15) is 0 Å². The number of halogens is 1. The number of hydrogen-bond donors (Lipinski definition) is 2. The third-order valence-corrected chi connectivity index (χ3v) is 6.71. The van der Waals surface area contributed by atoms with E-state index in [-0.39, 0.29) is 29.8 Å². The van der Waals surface area contributed by atoms with Crippen LogP contribution in [0.4, 0.5) is 0 Å². The number of carbonyl (C=O) groups excluding carboxylic acids is 2. The van der Waals surface area contributed by atoms with Gasteiger partial charge in [0, 0.05) is 21.6 Å². The van der Waals surface area contributed by atoms with Gasteiger partial charge in [-0.25, -0.2) is 0 Å². The molecule has 24 heavy (non-hydrogen) atoms. The summed E-state index contributed by atoms with van der Waals surface area (Å²) in [4.78, 5) is 24.8. The van der Waals surface area contributed by atoms with Gasteiger partial charge < -0.3 is 10.6 Å². The first kappa shape index (κ1) is 17.7. The number of fused-ring (bicyclic) bond motifs is 1. The number of rotatable bonds is 3. The number of hydrogen-bond acceptors (Lipinski definition) is 2. The Balaban J connectivity index is 1.64. The largest absolute Gasteiger partial charge is 0.353 e. The van der Waals surface area contributed by atoms with Gasteiger partial charge in [0.2, 0.25) is 5.91 Å². The van der Waals surface area contributed by atoms with Crippen molar-refractivity contribution < 1.29 is 9.59 Å². The van der Waals surface area contributed by atoms with Crippen molar-refractivity contribution in [2.45, 2.75) is 51.6 Å². The topological polar surface area (TPSA) is 58.2 Å². The van der Waals surface area contributed by atoms with Crippen LogP contribution in [0.15, 0.2) is 24.3 Å². The Morgan fingerprint density at radius 1 is 1.33 bits per heavy atom. The molecule has 1 aromatic carbocycles. The van der Waals surface area contributed by atoms with Crippen molar-refractivity contribution in [2.24, 2.45) is 17.8 Å². The fraction of sp³-hybridized carbons (Fsp3) is 0.579. The van der Waals surface area contributed by atoms with Crippen molar-refractivity contribution in [3.05, 3.63) is 33.4 Å². The molecular weight excluding hydrogens is 415 g/mol. The average Bonchev–Trinajstić information content (AvgIpc) is 2.55. The fourth-order valence-corrected chi connectivity index (χ4v) is 5.05. The van der Waals surface area contributed by atoms with E-state index in [4.69, 9.17) is 0 Å². The monoisotopic (exact) mass is 440 g/mol. The van der Waals surface area contributed by atoms with Gasteiger partial charge in [0.1, 0.15) is 0 Å². The highest BCUT2D eigenvalue weighted by atomic mass is 127. The van der Waals surface area contributed by atoms with Crippen LogP contribution in [0, 0.1) is 21.3 Å². The lowest BCUT2D eigenvalue weighted by Gasteiger charge is -2.46. The summed E-state index contributed by atoms with van der Waals surface area (Å²) >= 11 is 2.19. The smallest absolute Gasteiger partial charge is 0.252 e. The summed E-state index contributed by atoms with van der Waals surface area (Å²) in [6, 6.07) is 7.97. The number of nitrogens with one attached hydrogen (secondary N) is 2. The maximum absolute atomic E-state index is 12.5. The molecule has 3 rings (SSSR count). The molecular formula is C19H25IN2O2. The van der Waals surface area contributed by atoms with Gasteiger partial charge >= 0.3 is 0 Å². The van der Waals surface area contributed by atoms with Crippen LogP contribution in [0.3, 0.4) is 0 Å². The first-order valence-corrected chi connectivity index (χ1v) is 9.95. The first-order chi connectivity index (χ1) is 11.5. The van der Waals surface area contributed by atoms with Crippen LogP contribution in [-0.4, -0.2) is 23.9 Å². The van der Waals surface area contributed by atoms with Crippen LogP contribution in [-0.2, 0) is 4.79 Å². The van der Waals surface area contributed by atoms with Crippen LogP contribution in [0.1, 0.15) is 49.9 Å². The van der Waals surface area contributed by atoms with E-state index in [1.54, 1.807) is 0 Å². The zero-order valence-corrected chi connectivity index (χ0v) is 16.4. The van der Waals surface area contributed by atoms with E-state index in [2.05, 4.69) is 47.1 Å². The highest BCUT2D eigenvalue weighted by Crippen LogP contribution is 2.38. The second-order valence-electron chi connectivity index (χ2n) is 7.12. The quantitative estimate of drug-likeness (QED) is 0.709. The summed E-state index contributed by atoms with van der Waals surface area (Å²) in [6.45, 7) is 4.31. The minimum atomic E-state index is -0.00920. The van der Waals surface area contributed by atoms with E-state index in [9.17, 15) is 9.59 Å². The molecule has 130 valence electrons. The molecule has 0 radical (unpaired) electrons. The van der Waals surface area contributed by atoms with E-state index < -0.39 is 0 Å². The van der Waals surface area contributed by atoms with Gasteiger partial charge in [-0.3, -0.25) is 9.59 Å². The van der Waals surface area contributed by atoms with Crippen molar-refractivity contribution in [3.8, 4) is 0 Å². The lowest BCUT2D eigenvalue weighted by molar-refractivity contribution is -0.133. The van der Waals surface area contributed by atoms with E-state index >= 15 is 0 Å². The Labute approximate surface area is 157 Å². The molecule has 1 saturated carbocycles. The van der Waals surface area contributed by atoms with Crippen LogP contribution in [0.2, 0.25) is 0 Å². The third kappa shape index (κ3) is 3.46. The minimum Gasteiger partial charge on any atom is -0.353 e. The standard InChI is InChI=1S/C19H25IN2O2/c1-3-13-11(2)14-9-8-12(10-17(14)22-18(13)23)21-19(24)15-6-4-5-7-16(15)20/h4-7,11-14,17H,3,8-10H2,1-2H3,(H,21,24)(H,22,23). The van der Waals surface area contributed by atoms with Crippen LogP contribution >= 0.6 is 22.6 Å². The number of carbonyl (C=O) groups is 2. The lowest BCUT2D eigenvalue weighted by atomic mass is 9.67. The number of piperidine rings is 1. The molecule has 5 unspecified atom stereocenters. The van der Waals surface area contributed by atoms with Crippen molar-refractivity contribution in [1.29, 1.82) is 0 Å². The summed E-state index contributed by atoms with van der Waals surface area (Å²) in [7, 11) is 0. The molecule has 0 spiro atoms. The zero-order chi connectivity index (χ0) is 17.3. The van der Waals surface area contributed by atoms with Crippen LogP contribution in [0.5, 0.6) is 0 Å². The van der Waals surface area contributed by atoms with Gasteiger partial charge in [0.15, 0.2) is 0 Å². The van der Waals surface area contributed by atoms with Crippen molar-refractivity contribution in [3.63, 3.8) is 0 Å². The van der Waals surface area contributed by atoms with Crippen molar-refractivity contribution in [1.82, 2.24) is 10.6 Å². The van der Waals surface area contributed by atoms with Crippen LogP contribution < -0.4 is 10.6 Å². The molecule has 2 amide bonds. The maximum Gasteiger partial charge on any atom is 0.252 e. The van der Waals surface area contributed by atoms with Gasteiger partial charge in [0.25, 0.3) is 5.91 Å². The van der Waals surface area contributed by atoms with Gasteiger partial charge in [0.05, 0.1) is 5.56 Å². The molecule has 2 N–H and O–H groups in total. The average molecular weight is 440 g/mol. The molecule has 0 bridgehead atoms. The van der Waals surface area contributed by atoms with Crippen molar-refractivity contribution >= 4 is 34.4 Å². The second kappa shape index (κ2) is 7.42. The van der Waals surface area contributed by atoms with E-state index in [0.717, 1.165) is 34.8 Å². The van der Waals surface area contributed by atoms with E-state index in [0.29, 0.717) is 11.8 Å². The molecule has 5 atom stereocenters. The summed E-state index contributed by atoms with van der Waals surface area (Å²) in [5, 5.41) is 6.38. The molecule has 5 heteroatoms. The molecule has 4 nitrogen and oxygen atoms in total. The predicted octanol–water partition coefficient (Wildman–Crippen LogP) is 3.35. The third-order valence-electron chi connectivity index (χ3n) is 5.77. The zero-order valence-electron chi connectivity index (χ0n) is 14.2. The van der Waals surface area contributed by atoms with Gasteiger partial charge in [-0.1, -0.05) is 26.0 Å². The SMILES string of the molecule is CCC1C(=O)NC2CC(NC(=O)c3ccccc3I)CCC2C1C. The van der Waals surface area contributed by atoms with Gasteiger partial charge in [-0.05, 0) is 72.2 Å². The highest BCUT2D eigenvalue weighted by molar-refractivity contribution is 14.1. The normalized spacial score (nSPS) is 32.6. The summed E-state index contributed by atoms with van der Waals surface area (Å²) in [5.41, 5.74) is 0.729. The molecule has 1 heterocycles. The summed E-state index contributed by atoms with van der Waals surface area (Å²) in [6.07, 6.45) is 3.81. The minimum absolute atomic E-state index is 0.00920. The Morgan fingerprint density at radius 3 is 2.79 bits per heavy atom. The van der Waals surface area contributed by atoms with Gasteiger partial charge in [-0.15, -0.1) is 0 Å². The number of amides is 2. The van der Waals surface area contributed by atoms with E-state index in [1.165, 1.54) is 0 Å². The Kier molecular flexibility index (Phi) is 5.47. The van der Waals surface area contributed by atoms with Crippen molar-refractivity contribution in [2.75, 3.05) is 0 Å². The molecule has 1 saturated heterocycles. The number of benzene rings is 1. The fourth-order valence-electron chi connectivity index (χ4n) is 4.41. The lowest BCUT2D eigenvalue weighted by Crippen LogP contribution is -2.58. The molecule has 2 fully saturated rings. The molecule has 1 aromatic rings. The van der Waals surface area contributed by atoms with Crippen LogP contribution in [0.25, 0.3) is 0 Å². The van der Waals surface area contributed by atoms with E-state index in [1.807, 2.05) is 24.3 Å². The molecule has 1 aliphatic heterocycles. The predicted molar refractivity (Wildman–Crippen MR) is 103 cm³/mol. The second-order valence-corrected chi connectivity index (χ2v) is 8.28. The molecule has 0 aromatic heterocycles. The molecule has 2 aliphatic rings. The summed E-state index contributed by atoms with van der Waals surface area (Å²) in [5.74, 6) is 1.29. The highest BCUT2D eigenvalue weighted by Gasteiger charge is 2.43.